The van der Waals surface area contributed by atoms with Crippen molar-refractivity contribution in [3.63, 3.8) is 0 Å². The van der Waals surface area contributed by atoms with Gasteiger partial charge in [0.25, 0.3) is 5.91 Å². The average Bonchev–Trinajstić information content (AvgIpc) is 2.72. The topological polar surface area (TPSA) is 79.3 Å². The fraction of sp³-hybridized carbons (Fsp3) is 0.364. The van der Waals surface area contributed by atoms with Crippen molar-refractivity contribution in [2.45, 2.75) is 19.3 Å². The Bertz CT molecular complexity index is 947. The minimum Gasteiger partial charge on any atom is -0.486 e. The Labute approximate surface area is 183 Å². The third-order valence-electron chi connectivity index (χ3n) is 4.29. The predicted molar refractivity (Wildman–Crippen MR) is 111 cm³/mol. The molecule has 0 saturated carbocycles. The van der Waals surface area contributed by atoms with E-state index >= 15 is 0 Å². The van der Waals surface area contributed by atoms with Crippen LogP contribution in [-0.4, -0.2) is 67.3 Å². The number of benzene rings is 2. The van der Waals surface area contributed by atoms with Crippen molar-refractivity contribution in [3.05, 3.63) is 59.2 Å². The lowest BCUT2D eigenvalue weighted by atomic mass is 10.1. The summed E-state index contributed by atoms with van der Waals surface area (Å²) in [6.07, 6.45) is -5.08. The Hall–Kier alpha value is -3.27. The Morgan fingerprint density at radius 2 is 1.50 bits per heavy atom. The number of carboxylic acid groups (broad SMARTS) is 1. The van der Waals surface area contributed by atoms with Gasteiger partial charge in [-0.25, -0.2) is 4.79 Å². The second kappa shape index (κ2) is 10.9. The number of carbonyl (C=O) groups excluding carboxylic acids is 1. The van der Waals surface area contributed by atoms with Gasteiger partial charge in [-0.1, -0.05) is 24.3 Å². The molecule has 2 aromatic carbocycles. The lowest BCUT2D eigenvalue weighted by Gasteiger charge is -2.21. The van der Waals surface area contributed by atoms with Gasteiger partial charge in [-0.3, -0.25) is 4.79 Å². The molecule has 0 aliphatic carbocycles. The van der Waals surface area contributed by atoms with E-state index in [2.05, 4.69) is 17.0 Å². The quantitative estimate of drug-likeness (QED) is 0.746. The van der Waals surface area contributed by atoms with Crippen LogP contribution >= 0.6 is 0 Å². The minimum atomic E-state index is -5.08. The average molecular weight is 454 g/mol. The van der Waals surface area contributed by atoms with Gasteiger partial charge in [0.2, 0.25) is 0 Å². The Balaban J connectivity index is 0.000000451. The van der Waals surface area contributed by atoms with Crippen LogP contribution in [0.2, 0.25) is 0 Å². The number of halogens is 3. The SMILES string of the molecule is CN(C)Cc1cccc(CN(C)C(=O)c2ccc3c(c2)OCCO3)c1.O=C(O)C(F)(F)F. The number of fused-ring (bicyclic) bond motifs is 1. The molecule has 174 valence electrons. The molecule has 10 heteroatoms. The Kier molecular flexibility index (Phi) is 8.48. The molecule has 1 N–H and O–H groups in total. The first-order valence-electron chi connectivity index (χ1n) is 9.65. The van der Waals surface area contributed by atoms with Crippen molar-refractivity contribution in [2.75, 3.05) is 34.4 Å². The molecule has 32 heavy (non-hydrogen) atoms. The maximum atomic E-state index is 12.7. The summed E-state index contributed by atoms with van der Waals surface area (Å²) in [4.78, 5) is 25.5. The second-order valence-electron chi connectivity index (χ2n) is 7.38. The molecular formula is C22H25F3N2O5. The molecule has 0 aromatic heterocycles. The zero-order chi connectivity index (χ0) is 23.9. The third kappa shape index (κ3) is 7.45. The van der Waals surface area contributed by atoms with Gasteiger partial charge < -0.3 is 24.4 Å². The van der Waals surface area contributed by atoms with Crippen molar-refractivity contribution in [1.29, 1.82) is 0 Å². The number of amides is 1. The Morgan fingerprint density at radius 1 is 0.938 bits per heavy atom. The zero-order valence-electron chi connectivity index (χ0n) is 18.0. The van der Waals surface area contributed by atoms with Crippen LogP contribution in [0.3, 0.4) is 0 Å². The van der Waals surface area contributed by atoms with Crippen LogP contribution in [-0.2, 0) is 17.9 Å². The molecule has 1 heterocycles. The van der Waals surface area contributed by atoms with Crippen molar-refractivity contribution >= 4 is 11.9 Å². The molecular weight excluding hydrogens is 429 g/mol. The van der Waals surface area contributed by atoms with E-state index in [1.807, 2.05) is 33.3 Å². The van der Waals surface area contributed by atoms with Crippen LogP contribution in [0.4, 0.5) is 13.2 Å². The van der Waals surface area contributed by atoms with Crippen LogP contribution in [0.1, 0.15) is 21.5 Å². The van der Waals surface area contributed by atoms with Crippen LogP contribution in [0.15, 0.2) is 42.5 Å². The van der Waals surface area contributed by atoms with Gasteiger partial charge >= 0.3 is 12.1 Å². The highest BCUT2D eigenvalue weighted by Gasteiger charge is 2.38. The second-order valence-corrected chi connectivity index (χ2v) is 7.38. The number of hydrogen-bond donors (Lipinski definition) is 1. The van der Waals surface area contributed by atoms with Gasteiger partial charge in [0.15, 0.2) is 11.5 Å². The molecule has 1 amide bonds. The number of ether oxygens (including phenoxy) is 2. The van der Waals surface area contributed by atoms with Crippen molar-refractivity contribution in [3.8, 4) is 11.5 Å². The standard InChI is InChI=1S/C20H24N2O3.C2HF3O2/c1-21(2)13-15-5-4-6-16(11-15)14-22(3)20(23)17-7-8-18-19(12-17)25-10-9-24-18;3-2(4,5)1(6)7/h4-8,11-12H,9-10,13-14H2,1-3H3;(H,6,7). The molecule has 1 aliphatic rings. The van der Waals surface area contributed by atoms with Gasteiger partial charge in [0.1, 0.15) is 13.2 Å². The molecule has 0 unspecified atom stereocenters. The highest BCUT2D eigenvalue weighted by Crippen LogP contribution is 2.31. The normalized spacial score (nSPS) is 12.6. The summed E-state index contributed by atoms with van der Waals surface area (Å²) in [6.45, 7) is 2.50. The third-order valence-corrected chi connectivity index (χ3v) is 4.29. The zero-order valence-corrected chi connectivity index (χ0v) is 18.0. The van der Waals surface area contributed by atoms with E-state index < -0.39 is 12.1 Å². The van der Waals surface area contributed by atoms with Crippen LogP contribution < -0.4 is 9.47 Å². The minimum absolute atomic E-state index is 0.0324. The molecule has 0 fully saturated rings. The summed E-state index contributed by atoms with van der Waals surface area (Å²) >= 11 is 0. The summed E-state index contributed by atoms with van der Waals surface area (Å²) in [6, 6.07) is 13.7. The number of rotatable bonds is 5. The van der Waals surface area contributed by atoms with E-state index in [-0.39, 0.29) is 5.91 Å². The van der Waals surface area contributed by atoms with Crippen molar-refractivity contribution in [2.24, 2.45) is 0 Å². The molecule has 7 nitrogen and oxygen atoms in total. The first-order valence-corrected chi connectivity index (χ1v) is 9.65. The number of carboxylic acids is 1. The maximum Gasteiger partial charge on any atom is 0.490 e. The highest BCUT2D eigenvalue weighted by atomic mass is 19.4. The van der Waals surface area contributed by atoms with E-state index in [9.17, 15) is 18.0 Å². The molecule has 1 aliphatic heterocycles. The predicted octanol–water partition coefficient (Wildman–Crippen LogP) is 3.42. The first kappa shape index (κ1) is 25.0. The van der Waals surface area contributed by atoms with Gasteiger partial charge in [-0.2, -0.15) is 13.2 Å². The highest BCUT2D eigenvalue weighted by molar-refractivity contribution is 5.94. The summed E-state index contributed by atoms with van der Waals surface area (Å²) in [5.74, 6) is -1.46. The molecule has 0 saturated heterocycles. The summed E-state index contributed by atoms with van der Waals surface area (Å²) in [5.41, 5.74) is 2.96. The van der Waals surface area contributed by atoms with Gasteiger partial charge in [-0.05, 0) is 43.4 Å². The van der Waals surface area contributed by atoms with Crippen molar-refractivity contribution in [1.82, 2.24) is 9.80 Å². The maximum absolute atomic E-state index is 12.7. The molecule has 0 bridgehead atoms. The van der Waals surface area contributed by atoms with Crippen LogP contribution in [0.5, 0.6) is 11.5 Å². The number of aliphatic carboxylic acids is 1. The smallest absolute Gasteiger partial charge is 0.486 e. The Morgan fingerprint density at radius 3 is 2.06 bits per heavy atom. The molecule has 0 spiro atoms. The number of nitrogens with zero attached hydrogens (tertiary/aromatic N) is 2. The van der Waals surface area contributed by atoms with E-state index in [0.29, 0.717) is 36.8 Å². The fourth-order valence-corrected chi connectivity index (χ4v) is 2.93. The molecule has 0 atom stereocenters. The largest absolute Gasteiger partial charge is 0.490 e. The number of alkyl halides is 3. The van der Waals surface area contributed by atoms with Crippen LogP contribution in [0.25, 0.3) is 0 Å². The monoisotopic (exact) mass is 454 g/mol. The molecule has 0 radical (unpaired) electrons. The van der Waals surface area contributed by atoms with E-state index in [1.165, 1.54) is 5.56 Å². The molecule has 2 aromatic rings. The molecule has 3 rings (SSSR count). The van der Waals surface area contributed by atoms with E-state index in [0.717, 1.165) is 12.1 Å². The van der Waals surface area contributed by atoms with Crippen LogP contribution in [0, 0.1) is 0 Å². The van der Waals surface area contributed by atoms with Gasteiger partial charge in [-0.15, -0.1) is 0 Å². The number of carbonyl (C=O) groups is 2. The summed E-state index contributed by atoms with van der Waals surface area (Å²) < 4.78 is 42.8. The summed E-state index contributed by atoms with van der Waals surface area (Å²) in [5, 5.41) is 7.12. The van der Waals surface area contributed by atoms with E-state index in [4.69, 9.17) is 19.4 Å². The van der Waals surface area contributed by atoms with Gasteiger partial charge in [0, 0.05) is 25.7 Å². The number of hydrogen-bond acceptors (Lipinski definition) is 5. The summed E-state index contributed by atoms with van der Waals surface area (Å²) in [7, 11) is 5.91. The van der Waals surface area contributed by atoms with Crippen molar-refractivity contribution < 1.29 is 37.3 Å². The first-order chi connectivity index (χ1) is 15.0. The lowest BCUT2D eigenvalue weighted by molar-refractivity contribution is -0.192. The van der Waals surface area contributed by atoms with E-state index in [1.54, 1.807) is 23.1 Å². The lowest BCUT2D eigenvalue weighted by Crippen LogP contribution is -2.26. The van der Waals surface area contributed by atoms with Gasteiger partial charge in [0.05, 0.1) is 0 Å². The fourth-order valence-electron chi connectivity index (χ4n) is 2.93.